The predicted octanol–water partition coefficient (Wildman–Crippen LogP) is 1.15. The second kappa shape index (κ2) is 11.9. The Morgan fingerprint density at radius 3 is 2.43 bits per heavy atom. The smallest absolute Gasteiger partial charge is 0.404 e. The zero-order valence-electron chi connectivity index (χ0n) is 19.8. The fourth-order valence-corrected chi connectivity index (χ4v) is 5.04. The summed E-state index contributed by atoms with van der Waals surface area (Å²) in [4.78, 5) is 52.8. The number of nitrogens with zero attached hydrogens (tertiary/aromatic N) is 3. The van der Waals surface area contributed by atoms with Crippen molar-refractivity contribution in [3.05, 3.63) is 33.2 Å². The number of H-pyrrole nitrogens is 1. The van der Waals surface area contributed by atoms with Gasteiger partial charge >= 0.3 is 6.09 Å². The summed E-state index contributed by atoms with van der Waals surface area (Å²) in [6, 6.07) is 1.12. The number of aromatic nitrogens is 3. The van der Waals surface area contributed by atoms with E-state index < -0.39 is 38.7 Å². The number of aromatic amines is 1. The molecule has 1 saturated heterocycles. The number of hydroxylamine groups is 1. The van der Waals surface area contributed by atoms with Crippen molar-refractivity contribution in [2.24, 2.45) is 0 Å². The lowest BCUT2D eigenvalue weighted by Crippen LogP contribution is -2.45. The summed E-state index contributed by atoms with van der Waals surface area (Å²) in [5.74, 6) is -1.61. The number of nitrogens with one attached hydrogen (secondary N) is 4. The van der Waals surface area contributed by atoms with Gasteiger partial charge in [-0.2, -0.15) is 0 Å². The van der Waals surface area contributed by atoms with E-state index in [4.69, 9.17) is 28.3 Å². The SMILES string of the molecule is CONC(=O)c1cc(N2CCC(NC(=O)c3[nH]c(C)c(Cl)c3Cl)CC2)nc(S(=O)(=O)CCNC(=O)O)n1. The summed E-state index contributed by atoms with van der Waals surface area (Å²) in [5, 5.41) is 13.4. The number of anilines is 1. The number of aryl methyl sites for hydroxylation is 1. The van der Waals surface area contributed by atoms with Crippen LogP contribution < -0.4 is 21.0 Å². The van der Waals surface area contributed by atoms with Crippen molar-refractivity contribution >= 4 is 56.8 Å². The van der Waals surface area contributed by atoms with Crippen LogP contribution in [0.4, 0.5) is 10.6 Å². The van der Waals surface area contributed by atoms with Crippen LogP contribution in [0.3, 0.4) is 0 Å². The fourth-order valence-electron chi connectivity index (χ4n) is 3.60. The number of carbonyl (C=O) groups is 3. The molecular formula is C20H25Cl2N7O7S. The van der Waals surface area contributed by atoms with Crippen molar-refractivity contribution in [3.63, 3.8) is 0 Å². The van der Waals surface area contributed by atoms with E-state index in [1.165, 1.54) is 13.2 Å². The molecule has 1 aliphatic heterocycles. The van der Waals surface area contributed by atoms with Crippen LogP contribution in [-0.2, 0) is 14.7 Å². The molecule has 0 aliphatic carbocycles. The number of piperidine rings is 1. The molecule has 3 heterocycles. The van der Waals surface area contributed by atoms with E-state index in [-0.39, 0.29) is 39.8 Å². The second-order valence-electron chi connectivity index (χ2n) is 8.07. The molecule has 2 aromatic heterocycles. The third kappa shape index (κ3) is 7.00. The number of carbonyl (C=O) groups excluding carboxylic acids is 2. The van der Waals surface area contributed by atoms with Crippen LogP contribution in [0, 0.1) is 6.92 Å². The molecule has 14 nitrogen and oxygen atoms in total. The van der Waals surface area contributed by atoms with Gasteiger partial charge in [-0.15, -0.1) is 0 Å². The largest absolute Gasteiger partial charge is 0.465 e. The number of carboxylic acid groups (broad SMARTS) is 1. The van der Waals surface area contributed by atoms with E-state index in [1.54, 1.807) is 11.8 Å². The minimum absolute atomic E-state index is 0.143. The summed E-state index contributed by atoms with van der Waals surface area (Å²) in [6.07, 6.45) is -0.396. The lowest BCUT2D eigenvalue weighted by atomic mass is 10.0. The molecule has 0 spiro atoms. The maximum atomic E-state index is 12.7. The maximum Gasteiger partial charge on any atom is 0.404 e. The number of halogens is 2. The lowest BCUT2D eigenvalue weighted by Gasteiger charge is -2.33. The molecule has 1 fully saturated rings. The lowest BCUT2D eigenvalue weighted by molar-refractivity contribution is 0.0531. The number of sulfone groups is 1. The van der Waals surface area contributed by atoms with E-state index in [0.717, 1.165) is 0 Å². The van der Waals surface area contributed by atoms with Crippen molar-refractivity contribution < 1.29 is 32.7 Å². The highest BCUT2D eigenvalue weighted by molar-refractivity contribution is 7.91. The summed E-state index contributed by atoms with van der Waals surface area (Å²) in [5.41, 5.74) is 2.58. The minimum Gasteiger partial charge on any atom is -0.465 e. The molecule has 5 N–H and O–H groups in total. The Kier molecular flexibility index (Phi) is 9.17. The van der Waals surface area contributed by atoms with Gasteiger partial charge in [0.2, 0.25) is 15.0 Å². The summed E-state index contributed by atoms with van der Waals surface area (Å²) in [7, 11) is -2.92. The van der Waals surface area contributed by atoms with Crippen LogP contribution in [0.1, 0.15) is 39.5 Å². The average Bonchev–Trinajstić information content (AvgIpc) is 3.11. The van der Waals surface area contributed by atoms with Crippen LogP contribution in [0.15, 0.2) is 11.2 Å². The van der Waals surface area contributed by atoms with Crippen molar-refractivity contribution in [3.8, 4) is 0 Å². The molecule has 0 saturated carbocycles. The Balaban J connectivity index is 1.75. The number of hydrogen-bond donors (Lipinski definition) is 5. The van der Waals surface area contributed by atoms with Gasteiger partial charge in [0.15, 0.2) is 0 Å². The first-order chi connectivity index (χ1) is 17.4. The van der Waals surface area contributed by atoms with E-state index in [9.17, 15) is 22.8 Å². The molecule has 0 radical (unpaired) electrons. The van der Waals surface area contributed by atoms with Crippen molar-refractivity contribution in [1.82, 2.24) is 31.1 Å². The fraction of sp³-hybridized carbons (Fsp3) is 0.450. The van der Waals surface area contributed by atoms with E-state index in [0.29, 0.717) is 31.6 Å². The first-order valence-corrected chi connectivity index (χ1v) is 13.3. The third-order valence-corrected chi connectivity index (χ3v) is 7.91. The van der Waals surface area contributed by atoms with E-state index in [1.807, 2.05) is 5.32 Å². The van der Waals surface area contributed by atoms with Crippen LogP contribution >= 0.6 is 23.2 Å². The van der Waals surface area contributed by atoms with Gasteiger partial charge in [-0.1, -0.05) is 23.2 Å². The molecule has 0 atom stereocenters. The highest BCUT2D eigenvalue weighted by Gasteiger charge is 2.28. The molecule has 0 unspecified atom stereocenters. The number of hydrogen-bond acceptors (Lipinski definition) is 9. The van der Waals surface area contributed by atoms with Crippen LogP contribution in [0.2, 0.25) is 10.0 Å². The first kappa shape index (κ1) is 28.4. The Bertz CT molecular complexity index is 1290. The van der Waals surface area contributed by atoms with Crippen LogP contribution in [0.25, 0.3) is 0 Å². The molecule has 1 aliphatic rings. The molecule has 37 heavy (non-hydrogen) atoms. The Labute approximate surface area is 221 Å². The topological polar surface area (TPSA) is 196 Å². The van der Waals surface area contributed by atoms with Crippen molar-refractivity contribution in [1.29, 1.82) is 0 Å². The molecule has 3 amide bonds. The molecule has 0 bridgehead atoms. The Morgan fingerprint density at radius 1 is 1.19 bits per heavy atom. The van der Waals surface area contributed by atoms with Crippen molar-refractivity contribution in [2.75, 3.05) is 37.4 Å². The van der Waals surface area contributed by atoms with Crippen LogP contribution in [-0.4, -0.2) is 84.9 Å². The van der Waals surface area contributed by atoms with Gasteiger partial charge in [-0.3, -0.25) is 14.4 Å². The molecular weight excluding hydrogens is 553 g/mol. The van der Waals surface area contributed by atoms with Crippen LogP contribution in [0.5, 0.6) is 0 Å². The quantitative estimate of drug-likeness (QED) is 0.213. The van der Waals surface area contributed by atoms with Gasteiger partial charge in [-0.05, 0) is 19.8 Å². The number of rotatable bonds is 9. The first-order valence-electron chi connectivity index (χ1n) is 10.9. The third-order valence-electron chi connectivity index (χ3n) is 5.48. The van der Waals surface area contributed by atoms with Gasteiger partial charge in [0.1, 0.15) is 17.2 Å². The maximum absolute atomic E-state index is 12.7. The monoisotopic (exact) mass is 577 g/mol. The summed E-state index contributed by atoms with van der Waals surface area (Å²) < 4.78 is 25.5. The van der Waals surface area contributed by atoms with Gasteiger partial charge in [0, 0.05) is 37.4 Å². The highest BCUT2D eigenvalue weighted by Crippen LogP contribution is 2.29. The molecule has 2 aromatic rings. The highest BCUT2D eigenvalue weighted by atomic mass is 35.5. The Morgan fingerprint density at radius 2 is 1.86 bits per heavy atom. The molecule has 3 rings (SSSR count). The van der Waals surface area contributed by atoms with Gasteiger partial charge < -0.3 is 25.6 Å². The minimum atomic E-state index is -4.13. The normalized spacial score (nSPS) is 14.3. The second-order valence-corrected chi connectivity index (χ2v) is 10.8. The Hall–Kier alpha value is -3.14. The molecule has 0 aromatic carbocycles. The molecule has 17 heteroatoms. The zero-order valence-corrected chi connectivity index (χ0v) is 22.1. The van der Waals surface area contributed by atoms with E-state index in [2.05, 4.69) is 30.6 Å². The summed E-state index contributed by atoms with van der Waals surface area (Å²) >= 11 is 12.2. The van der Waals surface area contributed by atoms with Crippen molar-refractivity contribution in [2.45, 2.75) is 31.0 Å². The van der Waals surface area contributed by atoms with Gasteiger partial charge in [0.25, 0.3) is 11.8 Å². The molecule has 202 valence electrons. The van der Waals surface area contributed by atoms with E-state index >= 15 is 0 Å². The number of amides is 3. The predicted molar refractivity (Wildman–Crippen MR) is 133 cm³/mol. The summed E-state index contributed by atoms with van der Waals surface area (Å²) in [6.45, 7) is 2.08. The van der Waals surface area contributed by atoms with Gasteiger partial charge in [0.05, 0.1) is 22.9 Å². The van der Waals surface area contributed by atoms with Gasteiger partial charge in [-0.25, -0.2) is 28.7 Å². The zero-order chi connectivity index (χ0) is 27.3. The standard InChI is InChI=1S/C20H25Cl2N7O7S/c1-10-14(21)15(22)16(24-10)18(31)25-11-3-6-29(7-4-11)13-9-12(17(30)28-36-2)26-19(27-13)37(34,35)8-5-23-20(32)33/h9,11,23-24H,3-8H2,1-2H3,(H,25,31)(H,28,30)(H,32,33). The average molecular weight is 578 g/mol.